The molecule has 0 saturated carbocycles. The van der Waals surface area contributed by atoms with E-state index in [2.05, 4.69) is 5.32 Å². The number of rotatable bonds is 6. The Morgan fingerprint density at radius 2 is 2.24 bits per heavy atom. The Labute approximate surface area is 124 Å². The highest BCUT2D eigenvalue weighted by Crippen LogP contribution is 2.10. The summed E-state index contributed by atoms with van der Waals surface area (Å²) in [7, 11) is 0. The molecule has 2 rings (SSSR count). The molecule has 116 valence electrons. The van der Waals surface area contributed by atoms with Crippen LogP contribution in [0.25, 0.3) is 0 Å². The molecule has 0 aromatic heterocycles. The van der Waals surface area contributed by atoms with Crippen molar-refractivity contribution in [2.75, 3.05) is 19.8 Å². The van der Waals surface area contributed by atoms with E-state index in [0.29, 0.717) is 26.1 Å². The van der Waals surface area contributed by atoms with E-state index in [9.17, 15) is 9.90 Å². The van der Waals surface area contributed by atoms with Crippen LogP contribution in [0, 0.1) is 0 Å². The van der Waals surface area contributed by atoms with Crippen LogP contribution in [0.3, 0.4) is 0 Å². The van der Waals surface area contributed by atoms with Gasteiger partial charge < -0.3 is 25.6 Å². The van der Waals surface area contributed by atoms with Crippen molar-refractivity contribution < 1.29 is 19.4 Å². The van der Waals surface area contributed by atoms with Crippen molar-refractivity contribution in [1.82, 2.24) is 5.32 Å². The van der Waals surface area contributed by atoms with Crippen LogP contribution in [0.4, 0.5) is 4.79 Å². The van der Waals surface area contributed by atoms with E-state index in [1.54, 1.807) is 0 Å². The fourth-order valence-electron chi connectivity index (χ4n) is 2.26. The van der Waals surface area contributed by atoms with Gasteiger partial charge in [-0.1, -0.05) is 30.3 Å². The molecule has 6 heteroatoms. The quantitative estimate of drug-likeness (QED) is 0.707. The first kappa shape index (κ1) is 15.8. The molecular weight excluding hydrogens is 272 g/mol. The van der Waals surface area contributed by atoms with Crippen LogP contribution >= 0.6 is 0 Å². The molecule has 1 aliphatic rings. The van der Waals surface area contributed by atoms with E-state index >= 15 is 0 Å². The number of carbonyl (C=O) groups is 1. The molecule has 1 aromatic rings. The van der Waals surface area contributed by atoms with Gasteiger partial charge >= 0.3 is 6.09 Å². The molecule has 1 aliphatic heterocycles. The number of amides is 1. The molecule has 21 heavy (non-hydrogen) atoms. The fourth-order valence-corrected chi connectivity index (χ4v) is 2.26. The minimum atomic E-state index is -0.822. The first-order valence-electron chi connectivity index (χ1n) is 7.16. The van der Waals surface area contributed by atoms with Crippen molar-refractivity contribution in [3.63, 3.8) is 0 Å². The molecule has 0 aliphatic carbocycles. The third kappa shape index (κ3) is 5.00. The van der Waals surface area contributed by atoms with Crippen molar-refractivity contribution in [1.29, 1.82) is 0 Å². The minimum absolute atomic E-state index is 0.0737. The zero-order valence-electron chi connectivity index (χ0n) is 11.9. The van der Waals surface area contributed by atoms with Gasteiger partial charge in [0, 0.05) is 13.0 Å². The molecule has 1 heterocycles. The predicted molar refractivity (Wildman–Crippen MR) is 77.8 cm³/mol. The van der Waals surface area contributed by atoms with Gasteiger partial charge in [0.1, 0.15) is 6.10 Å². The van der Waals surface area contributed by atoms with Gasteiger partial charge in [0.2, 0.25) is 0 Å². The first-order chi connectivity index (χ1) is 10.2. The highest BCUT2D eigenvalue weighted by atomic mass is 16.6. The van der Waals surface area contributed by atoms with E-state index in [0.717, 1.165) is 5.56 Å². The summed E-state index contributed by atoms with van der Waals surface area (Å²) < 4.78 is 10.4. The number of alkyl carbamates (subject to hydrolysis) is 1. The highest BCUT2D eigenvalue weighted by molar-refractivity contribution is 5.68. The molecule has 1 amide bonds. The predicted octanol–water partition coefficient (Wildman–Crippen LogP) is 0.432. The largest absolute Gasteiger partial charge is 0.444 e. The fraction of sp³-hybridized carbons (Fsp3) is 0.533. The number of benzene rings is 1. The average molecular weight is 294 g/mol. The van der Waals surface area contributed by atoms with E-state index in [4.69, 9.17) is 15.2 Å². The molecule has 3 atom stereocenters. The van der Waals surface area contributed by atoms with E-state index in [1.807, 2.05) is 30.3 Å². The number of ether oxygens (including phenoxy) is 2. The maximum absolute atomic E-state index is 11.9. The lowest BCUT2D eigenvalue weighted by molar-refractivity contribution is 0.0704. The second-order valence-electron chi connectivity index (χ2n) is 5.13. The zero-order chi connectivity index (χ0) is 15.1. The molecular formula is C15H22N2O4. The Morgan fingerprint density at radius 3 is 2.86 bits per heavy atom. The van der Waals surface area contributed by atoms with E-state index in [1.165, 1.54) is 0 Å². The maximum atomic E-state index is 11.9. The molecule has 1 aromatic carbocycles. The summed E-state index contributed by atoms with van der Waals surface area (Å²) in [4.78, 5) is 11.9. The van der Waals surface area contributed by atoms with Gasteiger partial charge in [-0.2, -0.15) is 0 Å². The maximum Gasteiger partial charge on any atom is 0.407 e. The number of carbonyl (C=O) groups excluding carboxylic acids is 1. The lowest BCUT2D eigenvalue weighted by Gasteiger charge is -2.23. The Morgan fingerprint density at radius 1 is 1.48 bits per heavy atom. The van der Waals surface area contributed by atoms with Gasteiger partial charge in [-0.05, 0) is 12.0 Å². The van der Waals surface area contributed by atoms with Gasteiger partial charge in [-0.3, -0.25) is 0 Å². The van der Waals surface area contributed by atoms with Crippen LogP contribution in [0.5, 0.6) is 0 Å². The van der Waals surface area contributed by atoms with Crippen molar-refractivity contribution in [2.24, 2.45) is 5.73 Å². The number of nitrogens with one attached hydrogen (secondary N) is 1. The van der Waals surface area contributed by atoms with Gasteiger partial charge in [-0.15, -0.1) is 0 Å². The molecule has 1 fully saturated rings. The second kappa shape index (κ2) is 7.97. The molecule has 4 N–H and O–H groups in total. The number of hydrogen-bond acceptors (Lipinski definition) is 5. The number of nitrogens with two attached hydrogens (primary N) is 1. The van der Waals surface area contributed by atoms with Crippen LogP contribution in [-0.4, -0.2) is 49.2 Å². The molecule has 0 spiro atoms. The van der Waals surface area contributed by atoms with E-state index in [-0.39, 0.29) is 12.6 Å². The zero-order valence-corrected chi connectivity index (χ0v) is 11.9. The Kier molecular flexibility index (Phi) is 5.98. The van der Waals surface area contributed by atoms with Crippen molar-refractivity contribution >= 4 is 6.09 Å². The number of hydrogen-bond donors (Lipinski definition) is 3. The summed E-state index contributed by atoms with van der Waals surface area (Å²) in [6.45, 7) is 1.11. The number of aliphatic hydroxyl groups excluding tert-OH is 1. The SMILES string of the molecule is NC[C@@H](O)[C@H](Cc1ccccc1)NC(=O)OC1CCOC1. The lowest BCUT2D eigenvalue weighted by atomic mass is 10.0. The summed E-state index contributed by atoms with van der Waals surface area (Å²) in [5.74, 6) is 0. The summed E-state index contributed by atoms with van der Waals surface area (Å²) in [5, 5.41) is 12.7. The summed E-state index contributed by atoms with van der Waals surface area (Å²) in [6.07, 6.45) is -0.375. The van der Waals surface area contributed by atoms with Gasteiger partial charge in [0.25, 0.3) is 0 Å². The van der Waals surface area contributed by atoms with Gasteiger partial charge in [0.15, 0.2) is 0 Å². The molecule has 1 saturated heterocycles. The van der Waals surface area contributed by atoms with Crippen LogP contribution < -0.4 is 11.1 Å². The minimum Gasteiger partial charge on any atom is -0.444 e. The molecule has 0 radical (unpaired) electrons. The van der Waals surface area contributed by atoms with E-state index < -0.39 is 18.2 Å². The average Bonchev–Trinajstić information content (AvgIpc) is 2.99. The van der Waals surface area contributed by atoms with Crippen molar-refractivity contribution in [3.8, 4) is 0 Å². The van der Waals surface area contributed by atoms with Crippen LogP contribution in [-0.2, 0) is 15.9 Å². The van der Waals surface area contributed by atoms with Gasteiger partial charge in [0.05, 0.1) is 25.4 Å². The summed E-state index contributed by atoms with van der Waals surface area (Å²) in [6, 6.07) is 9.14. The summed E-state index contributed by atoms with van der Waals surface area (Å²) in [5.41, 5.74) is 6.52. The van der Waals surface area contributed by atoms with Crippen molar-refractivity contribution in [2.45, 2.75) is 31.1 Å². The van der Waals surface area contributed by atoms with Gasteiger partial charge in [-0.25, -0.2) is 4.79 Å². The number of aliphatic hydroxyl groups is 1. The summed E-state index contributed by atoms with van der Waals surface area (Å²) >= 11 is 0. The molecule has 6 nitrogen and oxygen atoms in total. The normalized spacial score (nSPS) is 20.8. The monoisotopic (exact) mass is 294 g/mol. The highest BCUT2D eigenvalue weighted by Gasteiger charge is 2.24. The molecule has 0 bridgehead atoms. The Hall–Kier alpha value is -1.63. The van der Waals surface area contributed by atoms with Crippen LogP contribution in [0.2, 0.25) is 0 Å². The third-order valence-electron chi connectivity index (χ3n) is 3.47. The Bertz CT molecular complexity index is 435. The van der Waals surface area contributed by atoms with Crippen molar-refractivity contribution in [3.05, 3.63) is 35.9 Å². The smallest absolute Gasteiger partial charge is 0.407 e. The van der Waals surface area contributed by atoms with Crippen LogP contribution in [0.15, 0.2) is 30.3 Å². The lowest BCUT2D eigenvalue weighted by Crippen LogP contribution is -2.48. The standard InChI is InChI=1S/C15H22N2O4/c16-9-14(18)13(8-11-4-2-1-3-5-11)17-15(19)21-12-6-7-20-10-12/h1-5,12-14,18H,6-10,16H2,(H,17,19)/t12?,13-,14+/m0/s1. The third-order valence-corrected chi connectivity index (χ3v) is 3.47. The topological polar surface area (TPSA) is 93.8 Å². The first-order valence-corrected chi connectivity index (χ1v) is 7.16. The second-order valence-corrected chi connectivity index (χ2v) is 5.13. The molecule has 1 unspecified atom stereocenters. The van der Waals surface area contributed by atoms with Crippen LogP contribution in [0.1, 0.15) is 12.0 Å². The Balaban J connectivity index is 1.90.